The van der Waals surface area contributed by atoms with Crippen LogP contribution in [0.1, 0.15) is 45.1 Å². The van der Waals surface area contributed by atoms with Gasteiger partial charge in [-0.25, -0.2) is 4.79 Å². The Kier molecular flexibility index (Phi) is 8.32. The Morgan fingerprint density at radius 1 is 1.14 bits per heavy atom. The molecule has 0 atom stereocenters. The summed E-state index contributed by atoms with van der Waals surface area (Å²) in [5, 5.41) is 3.00. The zero-order valence-electron chi connectivity index (χ0n) is 13.5. The van der Waals surface area contributed by atoms with Crippen LogP contribution < -0.4 is 10.1 Å². The maximum absolute atomic E-state index is 12.3. The number of benzene rings is 1. The van der Waals surface area contributed by atoms with Gasteiger partial charge in [-0.2, -0.15) is 0 Å². The summed E-state index contributed by atoms with van der Waals surface area (Å²) in [5.41, 5.74) is 0.999. The number of para-hydroxylation sites is 1. The van der Waals surface area contributed by atoms with E-state index in [0.717, 1.165) is 50.1 Å². The molecule has 0 aliphatic heterocycles. The highest BCUT2D eigenvalue weighted by atomic mass is 16.5. The molecule has 1 aromatic rings. The number of rotatable bonds is 9. The normalized spacial score (nSPS) is 10.2. The van der Waals surface area contributed by atoms with E-state index in [-0.39, 0.29) is 6.03 Å². The molecule has 1 aromatic carbocycles. The molecule has 0 saturated heterocycles. The number of ether oxygens (including phenoxy) is 1. The molecule has 118 valence electrons. The molecular formula is C17H28N2O2. The molecule has 0 aliphatic carbocycles. The fourth-order valence-corrected chi connectivity index (χ4v) is 2.14. The van der Waals surface area contributed by atoms with Gasteiger partial charge in [0.05, 0.1) is 7.11 Å². The van der Waals surface area contributed by atoms with Gasteiger partial charge < -0.3 is 15.0 Å². The molecule has 0 bridgehead atoms. The molecule has 0 unspecified atom stereocenters. The van der Waals surface area contributed by atoms with Crippen molar-refractivity contribution in [2.75, 3.05) is 20.2 Å². The van der Waals surface area contributed by atoms with Crippen LogP contribution in [0.3, 0.4) is 0 Å². The van der Waals surface area contributed by atoms with Gasteiger partial charge in [0, 0.05) is 25.2 Å². The van der Waals surface area contributed by atoms with E-state index in [0.29, 0.717) is 6.54 Å². The lowest BCUT2D eigenvalue weighted by Gasteiger charge is -2.23. The molecule has 4 heteroatoms. The minimum Gasteiger partial charge on any atom is -0.496 e. The molecule has 0 saturated carbocycles. The third kappa shape index (κ3) is 6.06. The molecule has 0 aliphatic rings. The second-order valence-corrected chi connectivity index (χ2v) is 5.16. The molecule has 21 heavy (non-hydrogen) atoms. The van der Waals surface area contributed by atoms with Crippen LogP contribution in [0.15, 0.2) is 24.3 Å². The van der Waals surface area contributed by atoms with Crippen LogP contribution in [-0.2, 0) is 6.54 Å². The first-order chi connectivity index (χ1) is 10.2. The fraction of sp³-hybridized carbons (Fsp3) is 0.588. The number of carbonyl (C=O) groups excluding carboxylic acids is 1. The highest BCUT2D eigenvalue weighted by Crippen LogP contribution is 2.16. The molecule has 4 nitrogen and oxygen atoms in total. The van der Waals surface area contributed by atoms with Crippen LogP contribution in [0.2, 0.25) is 0 Å². The Bertz CT molecular complexity index is 413. The molecule has 0 aromatic heterocycles. The first-order valence-electron chi connectivity index (χ1n) is 7.87. The van der Waals surface area contributed by atoms with Gasteiger partial charge in [0.25, 0.3) is 0 Å². The van der Waals surface area contributed by atoms with Crippen LogP contribution in [0.25, 0.3) is 0 Å². The summed E-state index contributed by atoms with van der Waals surface area (Å²) in [6, 6.07) is 7.78. The van der Waals surface area contributed by atoms with Crippen molar-refractivity contribution in [2.24, 2.45) is 0 Å². The number of methoxy groups -OCH3 is 1. The number of amides is 2. The molecule has 0 heterocycles. The minimum atomic E-state index is 0.0165. The number of hydrogen-bond donors (Lipinski definition) is 1. The van der Waals surface area contributed by atoms with Gasteiger partial charge in [0.1, 0.15) is 5.75 Å². The van der Waals surface area contributed by atoms with Crippen molar-refractivity contribution in [3.63, 3.8) is 0 Å². The SMILES string of the molecule is CCCCN(CCCC)C(=O)NCc1ccccc1OC. The van der Waals surface area contributed by atoms with Crippen LogP contribution in [0.4, 0.5) is 4.79 Å². The van der Waals surface area contributed by atoms with E-state index in [4.69, 9.17) is 4.74 Å². The minimum absolute atomic E-state index is 0.0165. The zero-order chi connectivity index (χ0) is 15.5. The average molecular weight is 292 g/mol. The van der Waals surface area contributed by atoms with Crippen molar-refractivity contribution in [2.45, 2.75) is 46.1 Å². The van der Waals surface area contributed by atoms with Gasteiger partial charge in [0.2, 0.25) is 0 Å². The van der Waals surface area contributed by atoms with Gasteiger partial charge >= 0.3 is 6.03 Å². The highest BCUT2D eigenvalue weighted by Gasteiger charge is 2.12. The summed E-state index contributed by atoms with van der Waals surface area (Å²) in [7, 11) is 1.65. The number of hydrogen-bond acceptors (Lipinski definition) is 2. The Hall–Kier alpha value is -1.71. The average Bonchev–Trinajstić information content (AvgIpc) is 2.53. The first kappa shape index (κ1) is 17.3. The van der Waals surface area contributed by atoms with Gasteiger partial charge in [0.15, 0.2) is 0 Å². The Balaban J connectivity index is 2.55. The number of unbranched alkanes of at least 4 members (excludes halogenated alkanes) is 2. The van der Waals surface area contributed by atoms with Gasteiger partial charge in [-0.1, -0.05) is 44.9 Å². The predicted octanol–water partition coefficient (Wildman–Crippen LogP) is 3.81. The number of urea groups is 1. The maximum Gasteiger partial charge on any atom is 0.317 e. The molecule has 0 fully saturated rings. The summed E-state index contributed by atoms with van der Waals surface area (Å²) in [4.78, 5) is 14.2. The van der Waals surface area contributed by atoms with E-state index in [9.17, 15) is 4.79 Å². The second kappa shape index (κ2) is 10.1. The van der Waals surface area contributed by atoms with Crippen LogP contribution in [0, 0.1) is 0 Å². The monoisotopic (exact) mass is 292 g/mol. The van der Waals surface area contributed by atoms with E-state index < -0.39 is 0 Å². The quantitative estimate of drug-likeness (QED) is 0.752. The lowest BCUT2D eigenvalue weighted by Crippen LogP contribution is -2.40. The lowest BCUT2D eigenvalue weighted by molar-refractivity contribution is 0.195. The standard InChI is InChI=1S/C17H28N2O2/c1-4-6-12-19(13-7-5-2)17(20)18-14-15-10-8-9-11-16(15)21-3/h8-11H,4-7,12-14H2,1-3H3,(H,18,20). The molecule has 1 N–H and O–H groups in total. The van der Waals surface area contributed by atoms with E-state index in [1.54, 1.807) is 7.11 Å². The largest absolute Gasteiger partial charge is 0.496 e. The van der Waals surface area contributed by atoms with E-state index in [1.165, 1.54) is 0 Å². The number of carbonyl (C=O) groups is 1. The molecule has 0 radical (unpaired) electrons. The molecule has 0 spiro atoms. The van der Waals surface area contributed by atoms with E-state index in [2.05, 4.69) is 19.2 Å². The third-order valence-electron chi connectivity index (χ3n) is 3.47. The van der Waals surface area contributed by atoms with E-state index >= 15 is 0 Å². The summed E-state index contributed by atoms with van der Waals surface area (Å²) in [6.07, 6.45) is 4.29. The third-order valence-corrected chi connectivity index (χ3v) is 3.47. The highest BCUT2D eigenvalue weighted by molar-refractivity contribution is 5.74. The van der Waals surface area contributed by atoms with Gasteiger partial charge in [-0.15, -0.1) is 0 Å². The van der Waals surface area contributed by atoms with Crippen molar-refractivity contribution >= 4 is 6.03 Å². The van der Waals surface area contributed by atoms with Crippen LogP contribution >= 0.6 is 0 Å². The van der Waals surface area contributed by atoms with Crippen molar-refractivity contribution in [3.05, 3.63) is 29.8 Å². The fourth-order valence-electron chi connectivity index (χ4n) is 2.14. The van der Waals surface area contributed by atoms with Crippen LogP contribution in [-0.4, -0.2) is 31.1 Å². The second-order valence-electron chi connectivity index (χ2n) is 5.16. The van der Waals surface area contributed by atoms with Crippen molar-refractivity contribution in [3.8, 4) is 5.75 Å². The summed E-state index contributed by atoms with van der Waals surface area (Å²) in [5.74, 6) is 0.812. The molecule has 1 rings (SSSR count). The first-order valence-corrected chi connectivity index (χ1v) is 7.87. The number of nitrogens with zero attached hydrogens (tertiary/aromatic N) is 1. The lowest BCUT2D eigenvalue weighted by atomic mass is 10.2. The Labute approximate surface area is 128 Å². The predicted molar refractivity (Wildman–Crippen MR) is 86.6 cm³/mol. The molecule has 2 amide bonds. The maximum atomic E-state index is 12.3. The number of nitrogens with one attached hydrogen (secondary N) is 1. The Morgan fingerprint density at radius 3 is 2.33 bits per heavy atom. The summed E-state index contributed by atoms with van der Waals surface area (Å²) in [6.45, 7) is 6.44. The smallest absolute Gasteiger partial charge is 0.317 e. The van der Waals surface area contributed by atoms with Crippen LogP contribution in [0.5, 0.6) is 5.75 Å². The summed E-state index contributed by atoms with van der Waals surface area (Å²) < 4.78 is 5.30. The van der Waals surface area contributed by atoms with Crippen molar-refractivity contribution in [1.29, 1.82) is 0 Å². The Morgan fingerprint density at radius 2 is 1.76 bits per heavy atom. The zero-order valence-corrected chi connectivity index (χ0v) is 13.5. The van der Waals surface area contributed by atoms with E-state index in [1.807, 2.05) is 29.2 Å². The van der Waals surface area contributed by atoms with Gasteiger partial charge in [-0.05, 0) is 18.9 Å². The molecular weight excluding hydrogens is 264 g/mol. The summed E-state index contributed by atoms with van der Waals surface area (Å²) >= 11 is 0. The topological polar surface area (TPSA) is 41.6 Å². The van der Waals surface area contributed by atoms with Crippen molar-refractivity contribution < 1.29 is 9.53 Å². The van der Waals surface area contributed by atoms with Crippen molar-refractivity contribution in [1.82, 2.24) is 10.2 Å². The van der Waals surface area contributed by atoms with Gasteiger partial charge in [-0.3, -0.25) is 0 Å².